The molecule has 1 saturated carbocycles. The molecule has 1 amide bonds. The van der Waals surface area contributed by atoms with Crippen molar-refractivity contribution in [3.8, 4) is 11.5 Å². The third-order valence-corrected chi connectivity index (χ3v) is 4.29. The maximum Gasteiger partial charge on any atom is 0.253 e. The SMILES string of the molecule is COc1cc(N)c(C(=O)NCC2(C)CCCC2)cc1OC. The van der Waals surface area contributed by atoms with E-state index in [1.807, 2.05) is 0 Å². The third-order valence-electron chi connectivity index (χ3n) is 4.29. The zero-order valence-electron chi connectivity index (χ0n) is 13.0. The first-order valence-electron chi connectivity index (χ1n) is 7.29. The summed E-state index contributed by atoms with van der Waals surface area (Å²) in [5.74, 6) is 0.861. The number of ether oxygens (including phenoxy) is 2. The smallest absolute Gasteiger partial charge is 0.253 e. The van der Waals surface area contributed by atoms with Gasteiger partial charge in [0.15, 0.2) is 11.5 Å². The molecule has 0 aromatic heterocycles. The molecule has 0 atom stereocenters. The highest BCUT2D eigenvalue weighted by atomic mass is 16.5. The fourth-order valence-corrected chi connectivity index (χ4v) is 2.89. The summed E-state index contributed by atoms with van der Waals surface area (Å²) in [7, 11) is 3.08. The second-order valence-electron chi connectivity index (χ2n) is 5.99. The number of hydrogen-bond acceptors (Lipinski definition) is 4. The number of amides is 1. The van der Waals surface area contributed by atoms with E-state index in [0.29, 0.717) is 29.3 Å². The normalized spacial score (nSPS) is 16.5. The highest BCUT2D eigenvalue weighted by Crippen LogP contribution is 2.37. The van der Waals surface area contributed by atoms with Gasteiger partial charge in [0.2, 0.25) is 0 Å². The second kappa shape index (κ2) is 6.24. The second-order valence-corrected chi connectivity index (χ2v) is 5.99. The Balaban J connectivity index is 2.11. The van der Waals surface area contributed by atoms with Crippen LogP contribution in [0, 0.1) is 5.41 Å². The van der Waals surface area contributed by atoms with Crippen molar-refractivity contribution in [1.29, 1.82) is 0 Å². The fourth-order valence-electron chi connectivity index (χ4n) is 2.89. The summed E-state index contributed by atoms with van der Waals surface area (Å²) in [6.45, 7) is 2.90. The van der Waals surface area contributed by atoms with Crippen molar-refractivity contribution in [2.24, 2.45) is 5.41 Å². The average Bonchev–Trinajstić information content (AvgIpc) is 2.91. The average molecular weight is 292 g/mol. The summed E-state index contributed by atoms with van der Waals surface area (Å²) in [4.78, 5) is 12.3. The minimum Gasteiger partial charge on any atom is -0.493 e. The van der Waals surface area contributed by atoms with Gasteiger partial charge in [-0.1, -0.05) is 19.8 Å². The van der Waals surface area contributed by atoms with Crippen molar-refractivity contribution in [2.75, 3.05) is 26.5 Å². The van der Waals surface area contributed by atoms with Crippen LogP contribution in [0.25, 0.3) is 0 Å². The molecule has 0 aliphatic heterocycles. The molecule has 0 bridgehead atoms. The lowest BCUT2D eigenvalue weighted by Crippen LogP contribution is -2.34. The molecule has 21 heavy (non-hydrogen) atoms. The van der Waals surface area contributed by atoms with Gasteiger partial charge in [-0.3, -0.25) is 4.79 Å². The molecule has 5 nitrogen and oxygen atoms in total. The van der Waals surface area contributed by atoms with Crippen LogP contribution >= 0.6 is 0 Å². The van der Waals surface area contributed by atoms with Crippen molar-refractivity contribution in [3.05, 3.63) is 17.7 Å². The van der Waals surface area contributed by atoms with Crippen molar-refractivity contribution in [1.82, 2.24) is 5.32 Å². The molecule has 1 aromatic rings. The molecular weight excluding hydrogens is 268 g/mol. The van der Waals surface area contributed by atoms with Gasteiger partial charge in [-0.25, -0.2) is 0 Å². The number of anilines is 1. The molecule has 1 fully saturated rings. The van der Waals surface area contributed by atoms with E-state index in [2.05, 4.69) is 12.2 Å². The van der Waals surface area contributed by atoms with Gasteiger partial charge < -0.3 is 20.5 Å². The number of hydrogen-bond donors (Lipinski definition) is 2. The number of nitrogen functional groups attached to an aromatic ring is 1. The summed E-state index contributed by atoms with van der Waals surface area (Å²) in [6.07, 6.45) is 4.80. The standard InChI is InChI=1S/C16H24N2O3/c1-16(6-4-5-7-16)10-18-15(19)11-8-13(20-2)14(21-3)9-12(11)17/h8-9H,4-7,10,17H2,1-3H3,(H,18,19). The Morgan fingerprint density at radius 2 is 1.81 bits per heavy atom. The van der Waals surface area contributed by atoms with Gasteiger partial charge in [-0.05, 0) is 24.3 Å². The van der Waals surface area contributed by atoms with Crippen LogP contribution in [0.3, 0.4) is 0 Å². The van der Waals surface area contributed by atoms with E-state index in [1.54, 1.807) is 12.1 Å². The van der Waals surface area contributed by atoms with Crippen LogP contribution in [-0.2, 0) is 0 Å². The minimum absolute atomic E-state index is 0.165. The Labute approximate surface area is 125 Å². The van der Waals surface area contributed by atoms with Gasteiger partial charge in [-0.15, -0.1) is 0 Å². The number of methoxy groups -OCH3 is 2. The van der Waals surface area contributed by atoms with Gasteiger partial charge in [0.05, 0.1) is 19.8 Å². The van der Waals surface area contributed by atoms with Crippen LogP contribution in [0.1, 0.15) is 43.0 Å². The van der Waals surface area contributed by atoms with Crippen molar-refractivity contribution in [2.45, 2.75) is 32.6 Å². The van der Waals surface area contributed by atoms with E-state index in [0.717, 1.165) is 12.8 Å². The van der Waals surface area contributed by atoms with Crippen molar-refractivity contribution < 1.29 is 14.3 Å². The van der Waals surface area contributed by atoms with Crippen LogP contribution < -0.4 is 20.5 Å². The van der Waals surface area contributed by atoms with E-state index in [4.69, 9.17) is 15.2 Å². The number of nitrogens with one attached hydrogen (secondary N) is 1. The molecule has 1 aromatic carbocycles. The molecule has 2 rings (SSSR count). The highest BCUT2D eigenvalue weighted by Gasteiger charge is 2.29. The molecule has 3 N–H and O–H groups in total. The summed E-state index contributed by atoms with van der Waals surface area (Å²) in [5.41, 5.74) is 6.97. The maximum absolute atomic E-state index is 12.3. The van der Waals surface area contributed by atoms with E-state index in [-0.39, 0.29) is 11.3 Å². The molecule has 0 heterocycles. The number of nitrogens with two attached hydrogens (primary N) is 1. The topological polar surface area (TPSA) is 73.6 Å². The number of carbonyl (C=O) groups is 1. The van der Waals surface area contributed by atoms with E-state index in [9.17, 15) is 4.79 Å². The Bertz CT molecular complexity index is 522. The summed E-state index contributed by atoms with van der Waals surface area (Å²) in [6, 6.07) is 3.24. The van der Waals surface area contributed by atoms with Crippen LogP contribution in [0.15, 0.2) is 12.1 Å². The third kappa shape index (κ3) is 3.40. The number of rotatable bonds is 5. The Morgan fingerprint density at radius 3 is 2.38 bits per heavy atom. The first kappa shape index (κ1) is 15.5. The van der Waals surface area contributed by atoms with Gasteiger partial charge in [0, 0.05) is 18.3 Å². The molecule has 0 saturated heterocycles. The van der Waals surface area contributed by atoms with Gasteiger partial charge in [-0.2, -0.15) is 0 Å². The van der Waals surface area contributed by atoms with Crippen molar-refractivity contribution in [3.63, 3.8) is 0 Å². The van der Waals surface area contributed by atoms with Gasteiger partial charge in [0.25, 0.3) is 5.91 Å². The molecule has 1 aliphatic carbocycles. The lowest BCUT2D eigenvalue weighted by Gasteiger charge is -2.24. The summed E-state index contributed by atoms with van der Waals surface area (Å²) < 4.78 is 10.4. The van der Waals surface area contributed by atoms with Crippen LogP contribution in [-0.4, -0.2) is 26.7 Å². The fraction of sp³-hybridized carbons (Fsp3) is 0.562. The zero-order chi connectivity index (χ0) is 15.5. The number of carbonyl (C=O) groups excluding carboxylic acids is 1. The van der Waals surface area contributed by atoms with E-state index in [1.165, 1.54) is 27.1 Å². The van der Waals surface area contributed by atoms with Gasteiger partial charge >= 0.3 is 0 Å². The predicted octanol–water partition coefficient (Wildman–Crippen LogP) is 2.60. The summed E-state index contributed by atoms with van der Waals surface area (Å²) >= 11 is 0. The Kier molecular flexibility index (Phi) is 4.60. The maximum atomic E-state index is 12.3. The molecule has 5 heteroatoms. The predicted molar refractivity (Wildman–Crippen MR) is 82.9 cm³/mol. The molecule has 0 spiro atoms. The number of benzene rings is 1. The van der Waals surface area contributed by atoms with Crippen LogP contribution in [0.5, 0.6) is 11.5 Å². The van der Waals surface area contributed by atoms with Crippen molar-refractivity contribution >= 4 is 11.6 Å². The summed E-state index contributed by atoms with van der Waals surface area (Å²) in [5, 5.41) is 3.00. The largest absolute Gasteiger partial charge is 0.493 e. The highest BCUT2D eigenvalue weighted by molar-refractivity contribution is 6.00. The van der Waals surface area contributed by atoms with E-state index >= 15 is 0 Å². The van der Waals surface area contributed by atoms with Crippen LogP contribution in [0.2, 0.25) is 0 Å². The molecular formula is C16H24N2O3. The molecule has 0 unspecified atom stereocenters. The minimum atomic E-state index is -0.165. The zero-order valence-corrected chi connectivity index (χ0v) is 13.0. The Hall–Kier alpha value is -1.91. The molecule has 116 valence electrons. The quantitative estimate of drug-likeness (QED) is 0.818. The molecule has 0 radical (unpaired) electrons. The van der Waals surface area contributed by atoms with E-state index < -0.39 is 0 Å². The lowest BCUT2D eigenvalue weighted by molar-refractivity contribution is 0.0935. The Morgan fingerprint density at radius 1 is 1.24 bits per heavy atom. The lowest BCUT2D eigenvalue weighted by atomic mass is 9.89. The monoisotopic (exact) mass is 292 g/mol. The first-order chi connectivity index (χ1) is 9.99. The molecule has 1 aliphatic rings. The first-order valence-corrected chi connectivity index (χ1v) is 7.29. The van der Waals surface area contributed by atoms with Crippen LogP contribution in [0.4, 0.5) is 5.69 Å². The van der Waals surface area contributed by atoms with Gasteiger partial charge in [0.1, 0.15) is 0 Å².